The predicted molar refractivity (Wildman–Crippen MR) is 78.0 cm³/mol. The molecule has 19 heavy (non-hydrogen) atoms. The Morgan fingerprint density at radius 2 is 2.11 bits per heavy atom. The lowest BCUT2D eigenvalue weighted by Crippen LogP contribution is -2.32. The van der Waals surface area contributed by atoms with E-state index >= 15 is 0 Å². The fraction of sp³-hybridized carbons (Fsp3) is 0.600. The van der Waals surface area contributed by atoms with Gasteiger partial charge in [0.15, 0.2) is 0 Å². The summed E-state index contributed by atoms with van der Waals surface area (Å²) >= 11 is 0. The third kappa shape index (κ3) is 2.90. The normalized spacial score (nSPS) is 21.2. The molecule has 4 heteroatoms. The van der Waals surface area contributed by atoms with Crippen LogP contribution < -0.4 is 10.6 Å². The number of nitrogens with zero attached hydrogens (tertiary/aromatic N) is 2. The zero-order valence-corrected chi connectivity index (χ0v) is 12.3. The number of hydrogen-bond donors (Lipinski definition) is 1. The summed E-state index contributed by atoms with van der Waals surface area (Å²) in [6.45, 7) is 5.71. The van der Waals surface area contributed by atoms with Gasteiger partial charge in [0.1, 0.15) is 5.82 Å². The van der Waals surface area contributed by atoms with Crippen LogP contribution in [0.1, 0.15) is 30.5 Å². The zero-order valence-electron chi connectivity index (χ0n) is 12.3. The van der Waals surface area contributed by atoms with E-state index in [0.717, 1.165) is 30.8 Å². The van der Waals surface area contributed by atoms with E-state index in [4.69, 9.17) is 5.73 Å². The van der Waals surface area contributed by atoms with E-state index < -0.39 is 0 Å². The van der Waals surface area contributed by atoms with E-state index in [1.165, 1.54) is 0 Å². The first-order valence-electron chi connectivity index (χ1n) is 6.87. The van der Waals surface area contributed by atoms with Crippen molar-refractivity contribution in [3.63, 3.8) is 0 Å². The van der Waals surface area contributed by atoms with Crippen LogP contribution >= 0.6 is 0 Å². The maximum atomic E-state index is 13.7. The van der Waals surface area contributed by atoms with Crippen molar-refractivity contribution in [3.05, 3.63) is 29.1 Å². The second kappa shape index (κ2) is 5.47. The van der Waals surface area contributed by atoms with Crippen LogP contribution in [0, 0.1) is 12.7 Å². The average Bonchev–Trinajstić information content (AvgIpc) is 2.81. The Kier molecular flexibility index (Phi) is 4.11. The molecule has 0 spiro atoms. The Hall–Kier alpha value is -1.13. The minimum atomic E-state index is -0.167. The largest absolute Gasteiger partial charge is 0.370 e. The Labute approximate surface area is 115 Å². The molecule has 2 N–H and O–H groups in total. The molecule has 1 aliphatic heterocycles. The van der Waals surface area contributed by atoms with Crippen LogP contribution in [-0.4, -0.2) is 38.1 Å². The van der Waals surface area contributed by atoms with Crippen molar-refractivity contribution in [1.29, 1.82) is 0 Å². The molecule has 0 bridgehead atoms. The number of hydrogen-bond acceptors (Lipinski definition) is 3. The molecule has 0 aliphatic carbocycles. The van der Waals surface area contributed by atoms with Crippen LogP contribution in [0.5, 0.6) is 0 Å². The van der Waals surface area contributed by atoms with Crippen molar-refractivity contribution in [1.82, 2.24) is 4.90 Å². The van der Waals surface area contributed by atoms with E-state index in [-0.39, 0.29) is 11.9 Å². The molecule has 1 saturated heterocycles. The van der Waals surface area contributed by atoms with E-state index in [9.17, 15) is 4.39 Å². The molecule has 3 nitrogen and oxygen atoms in total. The number of aryl methyl sites for hydroxylation is 1. The average molecular weight is 265 g/mol. The Morgan fingerprint density at radius 3 is 2.63 bits per heavy atom. The molecule has 0 saturated carbocycles. The molecule has 106 valence electrons. The highest BCUT2D eigenvalue weighted by Crippen LogP contribution is 2.31. The van der Waals surface area contributed by atoms with Crippen molar-refractivity contribution >= 4 is 5.69 Å². The zero-order chi connectivity index (χ0) is 14.2. The molecule has 1 aromatic carbocycles. The first-order chi connectivity index (χ1) is 8.90. The van der Waals surface area contributed by atoms with Gasteiger partial charge in [0, 0.05) is 30.9 Å². The topological polar surface area (TPSA) is 32.5 Å². The number of halogens is 1. The van der Waals surface area contributed by atoms with E-state index in [0.29, 0.717) is 11.6 Å². The van der Waals surface area contributed by atoms with Gasteiger partial charge in [0.05, 0.1) is 0 Å². The maximum absolute atomic E-state index is 13.7. The van der Waals surface area contributed by atoms with Gasteiger partial charge in [-0.05, 0) is 57.6 Å². The van der Waals surface area contributed by atoms with Crippen LogP contribution in [0.3, 0.4) is 0 Å². The van der Waals surface area contributed by atoms with E-state index in [1.807, 2.05) is 19.9 Å². The van der Waals surface area contributed by atoms with Gasteiger partial charge in [0.2, 0.25) is 0 Å². The molecule has 1 heterocycles. The van der Waals surface area contributed by atoms with Crippen molar-refractivity contribution in [2.75, 3.05) is 32.1 Å². The summed E-state index contributed by atoms with van der Waals surface area (Å²) in [6, 6.07) is 3.94. The van der Waals surface area contributed by atoms with Crippen LogP contribution in [0.15, 0.2) is 12.1 Å². The van der Waals surface area contributed by atoms with Gasteiger partial charge < -0.3 is 15.5 Å². The van der Waals surface area contributed by atoms with Crippen LogP contribution in [0.2, 0.25) is 0 Å². The highest BCUT2D eigenvalue weighted by Gasteiger charge is 2.26. The van der Waals surface area contributed by atoms with Crippen molar-refractivity contribution in [2.45, 2.75) is 32.4 Å². The number of nitrogens with two attached hydrogens (primary N) is 1. The third-order valence-corrected chi connectivity index (χ3v) is 4.03. The highest BCUT2D eigenvalue weighted by atomic mass is 19.1. The van der Waals surface area contributed by atoms with Gasteiger partial charge in [-0.3, -0.25) is 0 Å². The van der Waals surface area contributed by atoms with Gasteiger partial charge in [-0.25, -0.2) is 4.39 Å². The Balaban J connectivity index is 2.32. The van der Waals surface area contributed by atoms with Gasteiger partial charge in [-0.1, -0.05) is 0 Å². The number of anilines is 1. The molecular weight excluding hydrogens is 241 g/mol. The fourth-order valence-electron chi connectivity index (χ4n) is 2.70. The number of benzene rings is 1. The van der Waals surface area contributed by atoms with Gasteiger partial charge in [-0.15, -0.1) is 0 Å². The summed E-state index contributed by atoms with van der Waals surface area (Å²) in [5, 5.41) is 0. The Bertz CT molecular complexity index is 457. The van der Waals surface area contributed by atoms with Crippen molar-refractivity contribution in [2.24, 2.45) is 5.73 Å². The molecule has 0 radical (unpaired) electrons. The summed E-state index contributed by atoms with van der Waals surface area (Å²) in [5.74, 6) is -0.167. The summed E-state index contributed by atoms with van der Waals surface area (Å²) < 4.78 is 13.7. The van der Waals surface area contributed by atoms with E-state index in [1.54, 1.807) is 6.07 Å². The monoisotopic (exact) mass is 265 g/mol. The lowest BCUT2D eigenvalue weighted by Gasteiger charge is -2.26. The molecule has 1 aliphatic rings. The lowest BCUT2D eigenvalue weighted by molar-refractivity contribution is 0.315. The number of likely N-dealkylation sites (N-methyl/N-ethyl adjacent to an activating group) is 1. The lowest BCUT2D eigenvalue weighted by atomic mass is 10.0. The van der Waals surface area contributed by atoms with Gasteiger partial charge in [-0.2, -0.15) is 0 Å². The molecule has 1 fully saturated rings. The van der Waals surface area contributed by atoms with Crippen LogP contribution in [-0.2, 0) is 0 Å². The van der Waals surface area contributed by atoms with Crippen molar-refractivity contribution in [3.8, 4) is 0 Å². The fourth-order valence-corrected chi connectivity index (χ4v) is 2.70. The molecule has 1 aromatic rings. The summed E-state index contributed by atoms with van der Waals surface area (Å²) in [7, 11) is 4.22. The molecule has 2 rings (SSSR count). The predicted octanol–water partition coefficient (Wildman–Crippen LogP) is 2.29. The maximum Gasteiger partial charge on any atom is 0.126 e. The summed E-state index contributed by atoms with van der Waals surface area (Å²) in [5.41, 5.74) is 8.68. The minimum absolute atomic E-state index is 0.150. The summed E-state index contributed by atoms with van der Waals surface area (Å²) in [4.78, 5) is 4.58. The molecular formula is C15H24FN3. The first-order valence-corrected chi connectivity index (χ1v) is 6.87. The smallest absolute Gasteiger partial charge is 0.126 e. The molecule has 2 unspecified atom stereocenters. The standard InChI is InChI=1S/C15H24FN3/c1-10-7-15(13(11(2)17)8-14(10)16)19-6-5-12(9-19)18(3)4/h7-8,11-12H,5-6,9,17H2,1-4H3. The Morgan fingerprint density at radius 1 is 1.42 bits per heavy atom. The minimum Gasteiger partial charge on any atom is -0.370 e. The number of rotatable bonds is 3. The first kappa shape index (κ1) is 14.3. The highest BCUT2D eigenvalue weighted by molar-refractivity contribution is 5.58. The SMILES string of the molecule is Cc1cc(N2CCC(N(C)C)C2)c(C(C)N)cc1F. The van der Waals surface area contributed by atoms with E-state index in [2.05, 4.69) is 23.9 Å². The third-order valence-electron chi connectivity index (χ3n) is 4.03. The molecule has 0 amide bonds. The summed E-state index contributed by atoms with van der Waals surface area (Å²) in [6.07, 6.45) is 1.14. The molecule has 0 aromatic heterocycles. The van der Waals surface area contributed by atoms with Crippen LogP contribution in [0.25, 0.3) is 0 Å². The molecule has 2 atom stereocenters. The van der Waals surface area contributed by atoms with Gasteiger partial charge >= 0.3 is 0 Å². The van der Waals surface area contributed by atoms with Crippen LogP contribution in [0.4, 0.5) is 10.1 Å². The quantitative estimate of drug-likeness (QED) is 0.910. The second-order valence-corrected chi connectivity index (χ2v) is 5.80. The van der Waals surface area contributed by atoms with Crippen molar-refractivity contribution < 1.29 is 4.39 Å². The van der Waals surface area contributed by atoms with Gasteiger partial charge in [0.25, 0.3) is 0 Å². The second-order valence-electron chi connectivity index (χ2n) is 5.80.